The molecule has 23 heavy (non-hydrogen) atoms. The Morgan fingerprint density at radius 3 is 2.78 bits per heavy atom. The van der Waals surface area contributed by atoms with E-state index in [4.69, 9.17) is 0 Å². The van der Waals surface area contributed by atoms with Gasteiger partial charge in [-0.3, -0.25) is 9.48 Å². The number of aromatic nitrogens is 2. The van der Waals surface area contributed by atoms with E-state index in [1.165, 1.54) is 0 Å². The third-order valence-corrected chi connectivity index (χ3v) is 4.47. The number of phenolic OH excluding ortho intramolecular Hbond substituents is 1. The van der Waals surface area contributed by atoms with Crippen LogP contribution in [0.25, 0.3) is 0 Å². The van der Waals surface area contributed by atoms with Crippen molar-refractivity contribution in [2.45, 2.75) is 31.9 Å². The number of carbonyl (C=O) groups is 1. The van der Waals surface area contributed by atoms with E-state index >= 15 is 0 Å². The molecule has 1 unspecified atom stereocenters. The van der Waals surface area contributed by atoms with Crippen LogP contribution in [0.4, 0.5) is 0 Å². The second kappa shape index (κ2) is 6.04. The van der Waals surface area contributed by atoms with E-state index in [0.29, 0.717) is 18.4 Å². The number of aryl methyl sites for hydroxylation is 2. The summed E-state index contributed by atoms with van der Waals surface area (Å²) in [7, 11) is 1.82. The van der Waals surface area contributed by atoms with Crippen LogP contribution in [-0.4, -0.2) is 32.0 Å². The number of phenols is 1. The molecule has 1 amide bonds. The van der Waals surface area contributed by atoms with Crippen molar-refractivity contribution in [1.29, 1.82) is 0 Å². The first-order chi connectivity index (χ1) is 11.0. The van der Waals surface area contributed by atoms with Crippen LogP contribution in [0.15, 0.2) is 30.6 Å². The average molecular weight is 315 g/mol. The summed E-state index contributed by atoms with van der Waals surface area (Å²) in [6.45, 7) is 1.76. The van der Waals surface area contributed by atoms with Gasteiger partial charge in [-0.2, -0.15) is 5.10 Å². The molecule has 1 saturated carbocycles. The third-order valence-electron chi connectivity index (χ3n) is 4.47. The van der Waals surface area contributed by atoms with Crippen molar-refractivity contribution in [3.8, 4) is 5.75 Å². The van der Waals surface area contributed by atoms with Crippen LogP contribution in [0.2, 0.25) is 0 Å². The Bertz CT molecular complexity index is 720. The van der Waals surface area contributed by atoms with Crippen molar-refractivity contribution in [2.24, 2.45) is 13.0 Å². The molecule has 1 aliphatic carbocycles. The number of nitrogens with one attached hydrogen (secondary N) is 1. The molecule has 3 rings (SSSR count). The van der Waals surface area contributed by atoms with E-state index in [9.17, 15) is 15.0 Å². The molecule has 1 fully saturated rings. The molecular formula is C17H21N3O3. The Labute approximate surface area is 134 Å². The number of hydrogen-bond acceptors (Lipinski definition) is 4. The molecule has 1 aliphatic rings. The van der Waals surface area contributed by atoms with Crippen LogP contribution in [-0.2, 0) is 7.05 Å². The molecule has 1 atom stereocenters. The first kappa shape index (κ1) is 15.6. The standard InChI is InChI=1S/C17H21N3O3/c1-10-4-3-5-14(16(10)22)17(23)19-15(11-6-13(21)7-11)12-8-18-20(2)9-12/h3-5,8-9,11,13,15,21-22H,6-7H2,1-2H3,(H,19,23). The first-order valence-corrected chi connectivity index (χ1v) is 7.71. The van der Waals surface area contributed by atoms with Crippen molar-refractivity contribution in [2.75, 3.05) is 0 Å². The number of aromatic hydroxyl groups is 1. The van der Waals surface area contributed by atoms with Gasteiger partial charge in [0.25, 0.3) is 5.91 Å². The van der Waals surface area contributed by atoms with Crippen LogP contribution in [0.1, 0.15) is 40.4 Å². The summed E-state index contributed by atoms with van der Waals surface area (Å²) in [5.41, 5.74) is 1.83. The predicted octanol–water partition coefficient (Wildman–Crippen LogP) is 1.68. The van der Waals surface area contributed by atoms with Gasteiger partial charge in [0.05, 0.1) is 23.9 Å². The summed E-state index contributed by atoms with van der Waals surface area (Å²) < 4.78 is 1.69. The lowest BCUT2D eigenvalue weighted by Gasteiger charge is -2.37. The number of aliphatic hydroxyl groups is 1. The molecule has 2 aromatic rings. The van der Waals surface area contributed by atoms with Crippen molar-refractivity contribution in [3.05, 3.63) is 47.3 Å². The molecule has 1 aromatic heterocycles. The van der Waals surface area contributed by atoms with E-state index < -0.39 is 0 Å². The van der Waals surface area contributed by atoms with E-state index in [-0.39, 0.29) is 35.3 Å². The molecule has 1 heterocycles. The number of aliphatic hydroxyl groups excluding tert-OH is 1. The maximum absolute atomic E-state index is 12.6. The van der Waals surface area contributed by atoms with Crippen LogP contribution in [0.3, 0.4) is 0 Å². The monoisotopic (exact) mass is 315 g/mol. The van der Waals surface area contributed by atoms with Crippen LogP contribution < -0.4 is 5.32 Å². The molecule has 6 nitrogen and oxygen atoms in total. The lowest BCUT2D eigenvalue weighted by molar-refractivity contribution is 0.0235. The minimum absolute atomic E-state index is 0.00332. The highest BCUT2D eigenvalue weighted by atomic mass is 16.3. The molecule has 0 bridgehead atoms. The van der Waals surface area contributed by atoms with Crippen molar-refractivity contribution < 1.29 is 15.0 Å². The number of benzene rings is 1. The summed E-state index contributed by atoms with van der Waals surface area (Å²) in [6.07, 6.45) is 4.60. The summed E-state index contributed by atoms with van der Waals surface area (Å²) in [5, 5.41) is 26.8. The molecule has 3 N–H and O–H groups in total. The summed E-state index contributed by atoms with van der Waals surface area (Å²) >= 11 is 0. The third kappa shape index (κ3) is 3.07. The minimum Gasteiger partial charge on any atom is -0.507 e. The molecular weight excluding hydrogens is 294 g/mol. The second-order valence-corrected chi connectivity index (χ2v) is 6.25. The highest BCUT2D eigenvalue weighted by molar-refractivity contribution is 5.97. The van der Waals surface area contributed by atoms with Gasteiger partial charge in [-0.1, -0.05) is 12.1 Å². The lowest BCUT2D eigenvalue weighted by atomic mass is 9.75. The number of nitrogens with zero attached hydrogens (tertiary/aromatic N) is 2. The van der Waals surface area contributed by atoms with E-state index in [1.54, 1.807) is 36.0 Å². The maximum atomic E-state index is 12.6. The van der Waals surface area contributed by atoms with Gasteiger partial charge in [-0.05, 0) is 37.3 Å². The van der Waals surface area contributed by atoms with E-state index in [0.717, 1.165) is 5.56 Å². The zero-order valence-electron chi connectivity index (χ0n) is 13.2. The minimum atomic E-state index is -0.318. The number of para-hydroxylation sites is 1. The zero-order valence-corrected chi connectivity index (χ0v) is 13.2. The quantitative estimate of drug-likeness (QED) is 0.801. The topological polar surface area (TPSA) is 87.4 Å². The summed E-state index contributed by atoms with van der Waals surface area (Å²) in [4.78, 5) is 12.6. The Kier molecular flexibility index (Phi) is 4.09. The van der Waals surface area contributed by atoms with Crippen LogP contribution in [0, 0.1) is 12.8 Å². The molecule has 0 aliphatic heterocycles. The number of amides is 1. The smallest absolute Gasteiger partial charge is 0.255 e. The largest absolute Gasteiger partial charge is 0.507 e. The molecule has 122 valence electrons. The van der Waals surface area contributed by atoms with Gasteiger partial charge in [0, 0.05) is 18.8 Å². The molecule has 0 radical (unpaired) electrons. The van der Waals surface area contributed by atoms with Crippen molar-refractivity contribution in [1.82, 2.24) is 15.1 Å². The first-order valence-electron chi connectivity index (χ1n) is 7.71. The normalized spacial score (nSPS) is 21.5. The molecule has 0 saturated heterocycles. The number of carbonyl (C=O) groups excluding carboxylic acids is 1. The van der Waals surface area contributed by atoms with Gasteiger partial charge in [-0.15, -0.1) is 0 Å². The highest BCUT2D eigenvalue weighted by Crippen LogP contribution is 2.38. The Hall–Kier alpha value is -2.34. The predicted molar refractivity (Wildman–Crippen MR) is 85.0 cm³/mol. The molecule has 1 aromatic carbocycles. The summed E-state index contributed by atoms with van der Waals surface area (Å²) in [6, 6.07) is 4.89. The van der Waals surface area contributed by atoms with Crippen LogP contribution in [0.5, 0.6) is 5.75 Å². The fourth-order valence-electron chi connectivity index (χ4n) is 3.04. The average Bonchev–Trinajstić information content (AvgIpc) is 2.91. The van der Waals surface area contributed by atoms with Gasteiger partial charge >= 0.3 is 0 Å². The molecule has 0 spiro atoms. The van der Waals surface area contributed by atoms with Crippen molar-refractivity contribution in [3.63, 3.8) is 0 Å². The SMILES string of the molecule is Cc1cccc(C(=O)NC(c2cnn(C)c2)C2CC(O)C2)c1O. The Morgan fingerprint density at radius 2 is 2.17 bits per heavy atom. The fourth-order valence-corrected chi connectivity index (χ4v) is 3.04. The van der Waals surface area contributed by atoms with E-state index in [2.05, 4.69) is 10.4 Å². The Balaban J connectivity index is 1.83. The van der Waals surface area contributed by atoms with Gasteiger partial charge < -0.3 is 15.5 Å². The number of hydrogen-bond donors (Lipinski definition) is 3. The summed E-state index contributed by atoms with van der Waals surface area (Å²) in [5.74, 6) is -0.143. The second-order valence-electron chi connectivity index (χ2n) is 6.25. The van der Waals surface area contributed by atoms with Gasteiger partial charge in [0.2, 0.25) is 0 Å². The fraction of sp³-hybridized carbons (Fsp3) is 0.412. The highest BCUT2D eigenvalue weighted by Gasteiger charge is 2.36. The lowest BCUT2D eigenvalue weighted by Crippen LogP contribution is -2.41. The van der Waals surface area contributed by atoms with Crippen molar-refractivity contribution >= 4 is 5.91 Å². The maximum Gasteiger partial charge on any atom is 0.255 e. The van der Waals surface area contributed by atoms with Gasteiger partial charge in [-0.25, -0.2) is 0 Å². The molecule has 6 heteroatoms. The number of rotatable bonds is 4. The Morgan fingerprint density at radius 1 is 1.43 bits per heavy atom. The van der Waals surface area contributed by atoms with Gasteiger partial charge in [0.1, 0.15) is 5.75 Å². The van der Waals surface area contributed by atoms with Crippen LogP contribution >= 0.6 is 0 Å². The van der Waals surface area contributed by atoms with Gasteiger partial charge in [0.15, 0.2) is 0 Å². The van der Waals surface area contributed by atoms with E-state index in [1.807, 2.05) is 13.2 Å². The zero-order chi connectivity index (χ0) is 16.6.